The van der Waals surface area contributed by atoms with Crippen molar-refractivity contribution in [3.63, 3.8) is 0 Å². The molecular formula is C35H31BrIN3O6S. The predicted molar refractivity (Wildman–Crippen MR) is 192 cm³/mol. The largest absolute Gasteiger partial charge is 0.496 e. The van der Waals surface area contributed by atoms with E-state index in [1.165, 1.54) is 11.3 Å². The number of benzene rings is 3. The summed E-state index contributed by atoms with van der Waals surface area (Å²) < 4.78 is 26.6. The molecule has 0 aliphatic carbocycles. The number of ether oxygens (including phenoxy) is 4. The van der Waals surface area contributed by atoms with E-state index in [9.17, 15) is 14.9 Å². The summed E-state index contributed by atoms with van der Waals surface area (Å²) >= 11 is 6.97. The number of thiazole rings is 1. The first-order chi connectivity index (χ1) is 22.7. The SMILES string of the molecule is CCCC1=C(C(=O)OCC)[C@@H](c2cc(Br)ccc2OC)n2c(s/c(=C/c3cc(I)c(OCc4ccccc4C#N)c(OC)c3)c2=O)=N1. The van der Waals surface area contributed by atoms with Gasteiger partial charge in [0.15, 0.2) is 16.3 Å². The number of fused-ring (bicyclic) bond motifs is 1. The predicted octanol–water partition coefficient (Wildman–Crippen LogP) is 6.41. The first-order valence-electron chi connectivity index (χ1n) is 14.8. The minimum atomic E-state index is -0.816. The van der Waals surface area contributed by atoms with E-state index in [1.807, 2.05) is 43.3 Å². The number of aromatic nitrogens is 1. The number of nitriles is 1. The lowest BCUT2D eigenvalue weighted by Crippen LogP contribution is -2.40. The zero-order valence-electron chi connectivity index (χ0n) is 26.1. The zero-order chi connectivity index (χ0) is 33.7. The fourth-order valence-corrected chi connectivity index (χ4v) is 7.53. The number of hydrogen-bond acceptors (Lipinski definition) is 9. The zero-order valence-corrected chi connectivity index (χ0v) is 30.7. The van der Waals surface area contributed by atoms with Crippen LogP contribution in [0.2, 0.25) is 0 Å². The van der Waals surface area contributed by atoms with Crippen LogP contribution in [0.3, 0.4) is 0 Å². The second kappa shape index (κ2) is 15.3. The third-order valence-corrected chi connectivity index (χ3v) is 9.72. The van der Waals surface area contributed by atoms with Gasteiger partial charge in [0, 0.05) is 15.6 Å². The first-order valence-corrected chi connectivity index (χ1v) is 17.5. The van der Waals surface area contributed by atoms with Gasteiger partial charge in [0.1, 0.15) is 18.4 Å². The van der Waals surface area contributed by atoms with Gasteiger partial charge >= 0.3 is 5.97 Å². The van der Waals surface area contributed by atoms with E-state index >= 15 is 0 Å². The molecule has 0 fully saturated rings. The highest BCUT2D eigenvalue weighted by molar-refractivity contribution is 14.1. The van der Waals surface area contributed by atoms with Crippen molar-refractivity contribution >= 4 is 61.9 Å². The van der Waals surface area contributed by atoms with Crippen LogP contribution in [0, 0.1) is 14.9 Å². The number of carbonyl (C=O) groups excluding carboxylic acids is 1. The van der Waals surface area contributed by atoms with Crippen molar-refractivity contribution in [2.24, 2.45) is 4.99 Å². The molecule has 0 N–H and O–H groups in total. The van der Waals surface area contributed by atoms with Crippen molar-refractivity contribution in [2.75, 3.05) is 20.8 Å². The third-order valence-electron chi connectivity index (χ3n) is 7.44. The number of allylic oxidation sites excluding steroid dienone is 1. The molecule has 1 aliphatic heterocycles. The Kier molecular flexibility index (Phi) is 11.2. The van der Waals surface area contributed by atoms with Crippen molar-refractivity contribution < 1.29 is 23.7 Å². The maximum Gasteiger partial charge on any atom is 0.338 e. The smallest absolute Gasteiger partial charge is 0.338 e. The van der Waals surface area contributed by atoms with E-state index < -0.39 is 12.0 Å². The quantitative estimate of drug-likeness (QED) is 0.127. The molecule has 3 aromatic carbocycles. The second-order valence-electron chi connectivity index (χ2n) is 10.4. The highest BCUT2D eigenvalue weighted by Gasteiger charge is 2.36. The van der Waals surface area contributed by atoms with E-state index in [4.69, 9.17) is 23.9 Å². The molecule has 2 heterocycles. The second-order valence-corrected chi connectivity index (χ2v) is 13.5. The maximum absolute atomic E-state index is 14.3. The molecule has 0 bridgehead atoms. The molecule has 0 spiro atoms. The fourth-order valence-electron chi connectivity index (χ4n) is 5.35. The maximum atomic E-state index is 14.3. The molecule has 0 radical (unpaired) electrons. The van der Waals surface area contributed by atoms with Crippen LogP contribution >= 0.6 is 49.9 Å². The summed E-state index contributed by atoms with van der Waals surface area (Å²) in [6, 6.07) is 17.8. The lowest BCUT2D eigenvalue weighted by molar-refractivity contribution is -0.139. The van der Waals surface area contributed by atoms with E-state index in [0.29, 0.717) is 55.4 Å². The minimum absolute atomic E-state index is 0.180. The van der Waals surface area contributed by atoms with Crippen molar-refractivity contribution in [1.29, 1.82) is 5.26 Å². The molecule has 0 saturated heterocycles. The molecule has 9 nitrogen and oxygen atoms in total. The Morgan fingerprint density at radius 3 is 2.60 bits per heavy atom. The van der Waals surface area contributed by atoms with Gasteiger partial charge in [-0.05, 0) is 84.0 Å². The summed E-state index contributed by atoms with van der Waals surface area (Å²) in [4.78, 5) is 33.1. The van der Waals surface area contributed by atoms with Gasteiger partial charge < -0.3 is 18.9 Å². The lowest BCUT2D eigenvalue weighted by Gasteiger charge is -2.27. The van der Waals surface area contributed by atoms with Crippen LogP contribution in [0.1, 0.15) is 55.0 Å². The van der Waals surface area contributed by atoms with E-state index in [1.54, 1.807) is 50.0 Å². The van der Waals surface area contributed by atoms with Crippen molar-refractivity contribution in [3.8, 4) is 23.3 Å². The van der Waals surface area contributed by atoms with Crippen LogP contribution in [-0.4, -0.2) is 31.4 Å². The average molecular weight is 829 g/mol. The Hall–Kier alpha value is -3.93. The molecule has 1 aliphatic rings. The molecule has 4 aromatic rings. The molecule has 12 heteroatoms. The average Bonchev–Trinajstić information content (AvgIpc) is 3.37. The van der Waals surface area contributed by atoms with Crippen LogP contribution in [0.25, 0.3) is 6.08 Å². The fraction of sp³-hybridized carbons (Fsp3) is 0.257. The molecule has 1 atom stereocenters. The summed E-state index contributed by atoms with van der Waals surface area (Å²) in [7, 11) is 3.11. The number of nitrogens with zero attached hydrogens (tertiary/aromatic N) is 3. The van der Waals surface area contributed by atoms with Crippen LogP contribution in [-0.2, 0) is 16.1 Å². The van der Waals surface area contributed by atoms with Crippen LogP contribution < -0.4 is 29.1 Å². The highest BCUT2D eigenvalue weighted by Crippen LogP contribution is 2.39. The van der Waals surface area contributed by atoms with Gasteiger partial charge in [0.25, 0.3) is 5.56 Å². The van der Waals surface area contributed by atoms with Crippen LogP contribution in [0.15, 0.2) is 80.1 Å². The molecule has 242 valence electrons. The molecule has 5 rings (SSSR count). The molecular weight excluding hydrogens is 797 g/mol. The minimum Gasteiger partial charge on any atom is -0.496 e. The Labute approximate surface area is 298 Å². The topological polar surface area (TPSA) is 112 Å². The Morgan fingerprint density at radius 1 is 1.13 bits per heavy atom. The van der Waals surface area contributed by atoms with E-state index in [-0.39, 0.29) is 18.8 Å². The summed E-state index contributed by atoms with van der Waals surface area (Å²) in [5, 5.41) is 9.45. The van der Waals surface area contributed by atoms with Crippen LogP contribution in [0.4, 0.5) is 0 Å². The third kappa shape index (κ3) is 7.17. The normalized spacial score (nSPS) is 14.2. The van der Waals surface area contributed by atoms with Gasteiger partial charge in [0.2, 0.25) is 0 Å². The number of halogens is 2. The van der Waals surface area contributed by atoms with Gasteiger partial charge in [-0.1, -0.05) is 58.8 Å². The molecule has 47 heavy (non-hydrogen) atoms. The summed E-state index contributed by atoms with van der Waals surface area (Å²) in [6.45, 7) is 4.13. The van der Waals surface area contributed by atoms with E-state index in [2.05, 4.69) is 44.6 Å². The van der Waals surface area contributed by atoms with Gasteiger partial charge in [-0.3, -0.25) is 9.36 Å². The van der Waals surface area contributed by atoms with Gasteiger partial charge in [0.05, 0.1) is 51.8 Å². The number of esters is 1. The summed E-state index contributed by atoms with van der Waals surface area (Å²) in [5.41, 5.74) is 3.26. The Bertz CT molecular complexity index is 2100. The standard InChI is InChI=1S/C35H31BrIN3O6S/c1-5-9-26-30(34(42)45-6-2)31(24-17-23(36)12-13-27(24)43-3)40-33(41)29(47-35(40)39-26)16-20-14-25(37)32(28(15-20)44-4)46-19-22-11-8-7-10-21(22)18-38/h7-8,10-17,31H,5-6,9,19H2,1-4H3/b29-16+/t31-/m1/s1. The van der Waals surface area contributed by atoms with Gasteiger partial charge in [-0.2, -0.15) is 5.26 Å². The van der Waals surface area contributed by atoms with Gasteiger partial charge in [-0.25, -0.2) is 9.79 Å². The lowest BCUT2D eigenvalue weighted by atomic mass is 9.93. The van der Waals surface area contributed by atoms with Gasteiger partial charge in [-0.15, -0.1) is 0 Å². The number of methoxy groups -OCH3 is 2. The van der Waals surface area contributed by atoms with E-state index in [0.717, 1.165) is 25.6 Å². The first kappa shape index (κ1) is 34.4. The molecule has 1 aromatic heterocycles. The Morgan fingerprint density at radius 2 is 1.89 bits per heavy atom. The number of hydrogen-bond donors (Lipinski definition) is 0. The van der Waals surface area contributed by atoms with Crippen molar-refractivity contribution in [1.82, 2.24) is 4.57 Å². The summed E-state index contributed by atoms with van der Waals surface area (Å²) in [6.07, 6.45) is 3.06. The van der Waals surface area contributed by atoms with Crippen molar-refractivity contribution in [2.45, 2.75) is 39.3 Å². The molecule has 0 unspecified atom stereocenters. The highest BCUT2D eigenvalue weighted by atomic mass is 127. The summed E-state index contributed by atoms with van der Waals surface area (Å²) in [5.74, 6) is 1.02. The van der Waals surface area contributed by atoms with Crippen LogP contribution in [0.5, 0.6) is 17.2 Å². The Balaban J connectivity index is 1.65. The van der Waals surface area contributed by atoms with Crippen molar-refractivity contribution in [3.05, 3.63) is 116 Å². The molecule has 0 amide bonds. The number of rotatable bonds is 11. The number of carbonyl (C=O) groups is 1. The molecule has 0 saturated carbocycles. The monoisotopic (exact) mass is 827 g/mol.